The molecule has 0 unspecified atom stereocenters. The highest BCUT2D eigenvalue weighted by atomic mass is 16.6. The number of nitrogens with one attached hydrogen (secondary N) is 1. The van der Waals surface area contributed by atoms with Crippen LogP contribution in [-0.4, -0.2) is 71.6 Å². The van der Waals surface area contributed by atoms with Gasteiger partial charge in [0, 0.05) is 26.2 Å². The number of hydrogen-bond donors (Lipinski definition) is 1. The first kappa shape index (κ1) is 32.2. The van der Waals surface area contributed by atoms with Crippen molar-refractivity contribution in [2.24, 2.45) is 0 Å². The number of rotatable bonds is 11. The summed E-state index contributed by atoms with van der Waals surface area (Å²) >= 11 is 0. The first-order chi connectivity index (χ1) is 20.4. The summed E-state index contributed by atoms with van der Waals surface area (Å²) < 4.78 is 18.5. The highest BCUT2D eigenvalue weighted by Crippen LogP contribution is 2.28. The van der Waals surface area contributed by atoms with Gasteiger partial charge >= 0.3 is 5.97 Å². The molecule has 43 heavy (non-hydrogen) atoms. The number of benzene rings is 2. The number of nitrogens with zero attached hydrogens (tertiary/aromatic N) is 3. The molecule has 1 saturated heterocycles. The van der Waals surface area contributed by atoms with E-state index in [1.807, 2.05) is 35.9 Å². The van der Waals surface area contributed by atoms with Gasteiger partial charge in [-0.15, -0.1) is 0 Å². The SMILES string of the molecule is CCOC(=O)C(C)(C)Oc1ccc(CNC(=O)c2cc(-c3ccc(C(C)(C)C)cc3)n(CCN3CCOCC3)n2)cc1C. The minimum Gasteiger partial charge on any atom is -0.476 e. The molecule has 4 rings (SSSR count). The molecule has 232 valence electrons. The quantitative estimate of drug-likeness (QED) is 0.309. The van der Waals surface area contributed by atoms with Gasteiger partial charge in [-0.2, -0.15) is 5.10 Å². The minimum atomic E-state index is -1.11. The molecule has 3 aromatic rings. The number of hydrogen-bond acceptors (Lipinski definition) is 7. The Morgan fingerprint density at radius 1 is 0.977 bits per heavy atom. The van der Waals surface area contributed by atoms with Gasteiger partial charge in [-0.25, -0.2) is 4.79 Å². The molecule has 1 amide bonds. The van der Waals surface area contributed by atoms with E-state index in [4.69, 9.17) is 19.3 Å². The summed E-state index contributed by atoms with van der Waals surface area (Å²) in [5.41, 5.74) is 4.30. The molecule has 9 nitrogen and oxygen atoms in total. The maximum absolute atomic E-state index is 13.3. The Kier molecular flexibility index (Phi) is 10.3. The Bertz CT molecular complexity index is 1400. The van der Waals surface area contributed by atoms with E-state index in [0.717, 1.165) is 55.2 Å². The number of esters is 1. The minimum absolute atomic E-state index is 0.0555. The maximum atomic E-state index is 13.3. The summed E-state index contributed by atoms with van der Waals surface area (Å²) in [7, 11) is 0. The second kappa shape index (κ2) is 13.7. The van der Waals surface area contributed by atoms with Gasteiger partial charge < -0.3 is 19.5 Å². The number of morpholine rings is 1. The Morgan fingerprint density at radius 2 is 1.67 bits per heavy atom. The molecule has 0 bridgehead atoms. The number of ether oxygens (including phenoxy) is 3. The zero-order valence-corrected chi connectivity index (χ0v) is 26.7. The lowest BCUT2D eigenvalue weighted by atomic mass is 9.86. The third-order valence-electron chi connectivity index (χ3n) is 7.62. The van der Waals surface area contributed by atoms with E-state index in [1.54, 1.807) is 20.8 Å². The fourth-order valence-corrected chi connectivity index (χ4v) is 4.96. The van der Waals surface area contributed by atoms with E-state index in [9.17, 15) is 9.59 Å². The van der Waals surface area contributed by atoms with Crippen molar-refractivity contribution in [3.05, 3.63) is 70.9 Å². The summed E-state index contributed by atoms with van der Waals surface area (Å²) in [6.45, 7) is 19.0. The highest BCUT2D eigenvalue weighted by molar-refractivity contribution is 5.93. The molecular formula is C34H46N4O5. The Balaban J connectivity index is 1.47. The third-order valence-corrected chi connectivity index (χ3v) is 7.62. The van der Waals surface area contributed by atoms with Crippen molar-refractivity contribution in [1.82, 2.24) is 20.0 Å². The van der Waals surface area contributed by atoms with E-state index in [1.165, 1.54) is 5.56 Å². The molecule has 1 aromatic heterocycles. The lowest BCUT2D eigenvalue weighted by molar-refractivity contribution is -0.158. The molecule has 1 N–H and O–H groups in total. The number of aryl methyl sites for hydroxylation is 1. The normalized spacial score (nSPS) is 14.4. The monoisotopic (exact) mass is 590 g/mol. The van der Waals surface area contributed by atoms with Gasteiger partial charge in [0.05, 0.1) is 32.1 Å². The van der Waals surface area contributed by atoms with Gasteiger partial charge in [0.15, 0.2) is 11.3 Å². The van der Waals surface area contributed by atoms with E-state index < -0.39 is 11.6 Å². The molecule has 0 aliphatic carbocycles. The number of carbonyl (C=O) groups is 2. The lowest BCUT2D eigenvalue weighted by Crippen LogP contribution is -2.39. The van der Waals surface area contributed by atoms with Crippen molar-refractivity contribution >= 4 is 11.9 Å². The average molecular weight is 591 g/mol. The van der Waals surface area contributed by atoms with Crippen LogP contribution in [0.2, 0.25) is 0 Å². The zero-order chi connectivity index (χ0) is 31.2. The Morgan fingerprint density at radius 3 is 2.30 bits per heavy atom. The first-order valence-electron chi connectivity index (χ1n) is 15.1. The summed E-state index contributed by atoms with van der Waals surface area (Å²) in [5, 5.41) is 7.76. The second-order valence-corrected chi connectivity index (χ2v) is 12.5. The second-order valence-electron chi connectivity index (χ2n) is 12.5. The van der Waals surface area contributed by atoms with Crippen LogP contribution in [0.1, 0.15) is 68.7 Å². The predicted molar refractivity (Wildman–Crippen MR) is 167 cm³/mol. The summed E-state index contributed by atoms with van der Waals surface area (Å²) in [4.78, 5) is 27.9. The molecule has 2 heterocycles. The fraction of sp³-hybridized carbons (Fsp3) is 0.500. The summed E-state index contributed by atoms with van der Waals surface area (Å²) in [6, 6.07) is 16.0. The van der Waals surface area contributed by atoms with Gasteiger partial charge in [0.1, 0.15) is 5.75 Å². The molecule has 9 heteroatoms. The topological polar surface area (TPSA) is 94.9 Å². The fourth-order valence-electron chi connectivity index (χ4n) is 4.96. The molecule has 2 aromatic carbocycles. The van der Waals surface area contributed by atoms with Crippen LogP contribution in [0.3, 0.4) is 0 Å². The average Bonchev–Trinajstić information content (AvgIpc) is 3.41. The van der Waals surface area contributed by atoms with Crippen LogP contribution in [-0.2, 0) is 32.8 Å². The van der Waals surface area contributed by atoms with E-state index in [-0.39, 0.29) is 11.3 Å². The number of amides is 1. The van der Waals surface area contributed by atoms with E-state index in [2.05, 4.69) is 55.3 Å². The zero-order valence-electron chi connectivity index (χ0n) is 26.7. The maximum Gasteiger partial charge on any atom is 0.349 e. The number of carbonyl (C=O) groups excluding carboxylic acids is 2. The molecule has 1 fully saturated rings. The molecule has 1 aliphatic rings. The summed E-state index contributed by atoms with van der Waals surface area (Å²) in [6.07, 6.45) is 0. The van der Waals surface area contributed by atoms with E-state index in [0.29, 0.717) is 31.1 Å². The van der Waals surface area contributed by atoms with Crippen LogP contribution in [0.4, 0.5) is 0 Å². The Labute approximate surface area is 255 Å². The molecule has 0 atom stereocenters. The summed E-state index contributed by atoms with van der Waals surface area (Å²) in [5.74, 6) is -0.0620. The van der Waals surface area contributed by atoms with Crippen molar-refractivity contribution in [3.8, 4) is 17.0 Å². The molecule has 0 radical (unpaired) electrons. The standard InChI is InChI=1S/C34H46N4O5/c1-8-42-32(40)34(6,7)43-30-14-9-25(21-24(30)2)23-35-31(39)28-22-29(26-10-12-27(13-11-26)33(3,4)5)38(36-28)16-15-37-17-19-41-20-18-37/h9-14,21-22H,8,15-20,23H2,1-7H3,(H,35,39). The van der Waals surface area contributed by atoms with E-state index >= 15 is 0 Å². The van der Waals surface area contributed by atoms with Crippen molar-refractivity contribution in [2.45, 2.75) is 72.6 Å². The molecular weight excluding hydrogens is 544 g/mol. The molecule has 1 aliphatic heterocycles. The smallest absolute Gasteiger partial charge is 0.349 e. The van der Waals surface area contributed by atoms with Gasteiger partial charge in [-0.05, 0) is 67.5 Å². The van der Waals surface area contributed by atoms with Gasteiger partial charge in [-0.1, -0.05) is 57.2 Å². The van der Waals surface area contributed by atoms with Gasteiger partial charge in [-0.3, -0.25) is 14.4 Å². The highest BCUT2D eigenvalue weighted by Gasteiger charge is 2.32. The Hall–Kier alpha value is -3.69. The van der Waals surface area contributed by atoms with Crippen LogP contribution in [0.15, 0.2) is 48.5 Å². The molecule has 0 saturated carbocycles. The van der Waals surface area contributed by atoms with Gasteiger partial charge in [0.25, 0.3) is 5.91 Å². The lowest BCUT2D eigenvalue weighted by Gasteiger charge is -2.26. The molecule has 0 spiro atoms. The van der Waals surface area contributed by atoms with Crippen LogP contribution in [0.5, 0.6) is 5.75 Å². The third kappa shape index (κ3) is 8.45. The van der Waals surface area contributed by atoms with Crippen LogP contribution >= 0.6 is 0 Å². The van der Waals surface area contributed by atoms with Gasteiger partial charge in [0.2, 0.25) is 0 Å². The van der Waals surface area contributed by atoms with Crippen LogP contribution in [0.25, 0.3) is 11.3 Å². The van der Waals surface area contributed by atoms with Crippen LogP contribution in [0, 0.1) is 6.92 Å². The van der Waals surface area contributed by atoms with Crippen molar-refractivity contribution in [2.75, 3.05) is 39.5 Å². The predicted octanol–water partition coefficient (Wildman–Crippen LogP) is 5.14. The van der Waals surface area contributed by atoms with Crippen molar-refractivity contribution < 1.29 is 23.8 Å². The van der Waals surface area contributed by atoms with Crippen molar-refractivity contribution in [3.63, 3.8) is 0 Å². The number of aromatic nitrogens is 2. The largest absolute Gasteiger partial charge is 0.476 e. The first-order valence-corrected chi connectivity index (χ1v) is 15.1. The van der Waals surface area contributed by atoms with Crippen LogP contribution < -0.4 is 10.1 Å². The van der Waals surface area contributed by atoms with Crippen molar-refractivity contribution in [1.29, 1.82) is 0 Å².